The quantitative estimate of drug-likeness (QED) is 0.724. The zero-order chi connectivity index (χ0) is 11.4. The third kappa shape index (κ3) is 2.05. The summed E-state index contributed by atoms with van der Waals surface area (Å²) in [7, 11) is 0. The van der Waals surface area contributed by atoms with Gasteiger partial charge >= 0.3 is 11.9 Å². The van der Waals surface area contributed by atoms with E-state index < -0.39 is 5.97 Å². The number of carbonyl (C=O) groups is 1. The Labute approximate surface area is 91.3 Å². The van der Waals surface area contributed by atoms with E-state index in [0.717, 1.165) is 0 Å². The molecular formula is C10H9N3O3. The Balaban J connectivity index is 2.23. The lowest BCUT2D eigenvalue weighted by atomic mass is 10.3. The van der Waals surface area contributed by atoms with Crippen molar-refractivity contribution in [2.24, 2.45) is 0 Å². The maximum absolute atomic E-state index is 11.3. The fourth-order valence-corrected chi connectivity index (χ4v) is 1.11. The molecule has 16 heavy (non-hydrogen) atoms. The van der Waals surface area contributed by atoms with Crippen molar-refractivity contribution >= 4 is 5.97 Å². The van der Waals surface area contributed by atoms with E-state index in [2.05, 4.69) is 15.2 Å². The first kappa shape index (κ1) is 10.3. The Bertz CT molecular complexity index is 481. The lowest BCUT2D eigenvalue weighted by Gasteiger charge is -1.94. The summed E-state index contributed by atoms with van der Waals surface area (Å²) in [5.74, 6) is -0.491. The van der Waals surface area contributed by atoms with E-state index in [-0.39, 0.29) is 18.4 Å². The molecule has 0 aliphatic rings. The van der Waals surface area contributed by atoms with E-state index in [9.17, 15) is 4.79 Å². The first-order chi connectivity index (χ1) is 7.81. The van der Waals surface area contributed by atoms with Crippen molar-refractivity contribution in [3.05, 3.63) is 30.4 Å². The molecule has 2 heterocycles. The molecule has 0 unspecified atom stereocenters. The molecule has 6 heteroatoms. The second-order valence-corrected chi connectivity index (χ2v) is 2.87. The smallest absolute Gasteiger partial charge is 0.396 e. The standard InChI is InChI=1S/C10H9N3O3/c1-2-15-10(14)9-13-12-8(16-9)7-3-5-11-6-4-7/h3-6H,2H2,1H3. The largest absolute Gasteiger partial charge is 0.459 e. The maximum atomic E-state index is 11.3. The van der Waals surface area contributed by atoms with E-state index >= 15 is 0 Å². The van der Waals surface area contributed by atoms with E-state index in [1.807, 2.05) is 0 Å². The van der Waals surface area contributed by atoms with Crippen molar-refractivity contribution < 1.29 is 13.9 Å². The molecule has 2 aromatic rings. The number of rotatable bonds is 3. The number of esters is 1. The van der Waals surface area contributed by atoms with Crippen LogP contribution in [0, 0.1) is 0 Å². The molecule has 0 N–H and O–H groups in total. The molecule has 0 aliphatic carbocycles. The summed E-state index contributed by atoms with van der Waals surface area (Å²) < 4.78 is 9.89. The van der Waals surface area contributed by atoms with Crippen LogP contribution in [0.2, 0.25) is 0 Å². The SMILES string of the molecule is CCOC(=O)c1nnc(-c2ccncc2)o1. The Morgan fingerprint density at radius 2 is 2.12 bits per heavy atom. The van der Waals surface area contributed by atoms with Crippen molar-refractivity contribution in [2.75, 3.05) is 6.61 Å². The summed E-state index contributed by atoms with van der Waals surface area (Å²) in [5, 5.41) is 7.34. The van der Waals surface area contributed by atoms with Crippen LogP contribution in [0.4, 0.5) is 0 Å². The molecule has 82 valence electrons. The summed E-state index contributed by atoms with van der Waals surface area (Å²) in [6.07, 6.45) is 3.20. The first-order valence-corrected chi connectivity index (χ1v) is 4.72. The number of carbonyl (C=O) groups excluding carboxylic acids is 1. The maximum Gasteiger partial charge on any atom is 0.396 e. The van der Waals surface area contributed by atoms with Crippen molar-refractivity contribution in [1.82, 2.24) is 15.2 Å². The zero-order valence-electron chi connectivity index (χ0n) is 8.58. The summed E-state index contributed by atoms with van der Waals surface area (Å²) in [6, 6.07) is 3.42. The van der Waals surface area contributed by atoms with Crippen LogP contribution < -0.4 is 0 Å². The summed E-state index contributed by atoms with van der Waals surface area (Å²) >= 11 is 0. The Hall–Kier alpha value is -2.24. The van der Waals surface area contributed by atoms with Crippen molar-refractivity contribution in [1.29, 1.82) is 0 Å². The number of hydrogen-bond donors (Lipinski definition) is 0. The predicted octanol–water partition coefficient (Wildman–Crippen LogP) is 1.31. The second kappa shape index (κ2) is 4.52. The molecule has 0 aliphatic heterocycles. The Kier molecular flexibility index (Phi) is 2.90. The monoisotopic (exact) mass is 219 g/mol. The number of hydrogen-bond acceptors (Lipinski definition) is 6. The number of pyridine rings is 1. The van der Waals surface area contributed by atoms with Gasteiger partial charge in [0.15, 0.2) is 0 Å². The predicted molar refractivity (Wildman–Crippen MR) is 53.5 cm³/mol. The molecule has 0 bridgehead atoms. The average Bonchev–Trinajstić information content (AvgIpc) is 2.80. The van der Waals surface area contributed by atoms with Gasteiger partial charge in [-0.15, -0.1) is 10.2 Å². The van der Waals surface area contributed by atoms with Crippen molar-refractivity contribution in [3.8, 4) is 11.5 Å². The normalized spacial score (nSPS) is 10.1. The lowest BCUT2D eigenvalue weighted by molar-refractivity contribution is 0.0481. The van der Waals surface area contributed by atoms with Crippen LogP contribution >= 0.6 is 0 Å². The molecular weight excluding hydrogens is 210 g/mol. The molecule has 2 aromatic heterocycles. The van der Waals surface area contributed by atoms with Crippen LogP contribution in [0.1, 0.15) is 17.6 Å². The highest BCUT2D eigenvalue weighted by Crippen LogP contribution is 2.16. The van der Waals surface area contributed by atoms with Crippen LogP contribution in [0.25, 0.3) is 11.5 Å². The lowest BCUT2D eigenvalue weighted by Crippen LogP contribution is -2.04. The minimum absolute atomic E-state index is 0.145. The van der Waals surface area contributed by atoms with Crippen LogP contribution in [-0.2, 0) is 4.74 Å². The van der Waals surface area contributed by atoms with E-state index in [0.29, 0.717) is 5.56 Å². The van der Waals surface area contributed by atoms with Gasteiger partial charge < -0.3 is 9.15 Å². The van der Waals surface area contributed by atoms with Gasteiger partial charge in [-0.05, 0) is 19.1 Å². The van der Waals surface area contributed by atoms with Gasteiger partial charge in [0.05, 0.1) is 6.61 Å². The third-order valence-electron chi connectivity index (χ3n) is 1.80. The first-order valence-electron chi connectivity index (χ1n) is 4.72. The molecule has 0 atom stereocenters. The van der Waals surface area contributed by atoms with Crippen LogP contribution in [-0.4, -0.2) is 27.8 Å². The molecule has 0 radical (unpaired) electrons. The molecule has 0 saturated carbocycles. The topological polar surface area (TPSA) is 78.1 Å². The third-order valence-corrected chi connectivity index (χ3v) is 1.80. The fourth-order valence-electron chi connectivity index (χ4n) is 1.11. The highest BCUT2D eigenvalue weighted by molar-refractivity contribution is 5.84. The minimum atomic E-state index is -0.615. The minimum Gasteiger partial charge on any atom is -0.459 e. The van der Waals surface area contributed by atoms with Gasteiger partial charge in [0.25, 0.3) is 0 Å². The van der Waals surface area contributed by atoms with E-state index in [4.69, 9.17) is 9.15 Å². The fraction of sp³-hybridized carbons (Fsp3) is 0.200. The van der Waals surface area contributed by atoms with Gasteiger partial charge in [0, 0.05) is 18.0 Å². The van der Waals surface area contributed by atoms with Crippen LogP contribution in [0.3, 0.4) is 0 Å². The van der Waals surface area contributed by atoms with E-state index in [1.165, 1.54) is 0 Å². The van der Waals surface area contributed by atoms with Gasteiger partial charge in [-0.1, -0.05) is 0 Å². The molecule has 0 fully saturated rings. The molecule has 0 amide bonds. The molecule has 0 saturated heterocycles. The highest BCUT2D eigenvalue weighted by atomic mass is 16.5. The van der Waals surface area contributed by atoms with Crippen molar-refractivity contribution in [3.63, 3.8) is 0 Å². The summed E-state index contributed by atoms with van der Waals surface area (Å²) in [5.41, 5.74) is 0.707. The summed E-state index contributed by atoms with van der Waals surface area (Å²) in [6.45, 7) is 1.98. The van der Waals surface area contributed by atoms with Crippen LogP contribution in [0.15, 0.2) is 28.9 Å². The van der Waals surface area contributed by atoms with Gasteiger partial charge in [0.1, 0.15) is 0 Å². The molecule has 0 aromatic carbocycles. The van der Waals surface area contributed by atoms with Gasteiger partial charge in [-0.25, -0.2) is 4.79 Å². The second-order valence-electron chi connectivity index (χ2n) is 2.87. The van der Waals surface area contributed by atoms with Gasteiger partial charge in [0.2, 0.25) is 5.89 Å². The van der Waals surface area contributed by atoms with E-state index in [1.54, 1.807) is 31.5 Å². The molecule has 0 spiro atoms. The zero-order valence-corrected chi connectivity index (χ0v) is 8.58. The number of ether oxygens (including phenoxy) is 1. The van der Waals surface area contributed by atoms with Gasteiger partial charge in [-0.3, -0.25) is 4.98 Å². The highest BCUT2D eigenvalue weighted by Gasteiger charge is 2.16. The van der Waals surface area contributed by atoms with Crippen LogP contribution in [0.5, 0.6) is 0 Å². The number of aromatic nitrogens is 3. The molecule has 2 rings (SSSR count). The average molecular weight is 219 g/mol. The number of nitrogens with zero attached hydrogens (tertiary/aromatic N) is 3. The van der Waals surface area contributed by atoms with Crippen molar-refractivity contribution in [2.45, 2.75) is 6.92 Å². The Morgan fingerprint density at radius 3 is 2.81 bits per heavy atom. The Morgan fingerprint density at radius 1 is 1.38 bits per heavy atom. The van der Waals surface area contributed by atoms with Gasteiger partial charge in [-0.2, -0.15) is 0 Å². The summed E-state index contributed by atoms with van der Waals surface area (Å²) in [4.78, 5) is 15.1. The molecule has 6 nitrogen and oxygen atoms in total.